The highest BCUT2D eigenvalue weighted by Gasteiger charge is 2.70. The van der Waals surface area contributed by atoms with Gasteiger partial charge in [-0.3, -0.25) is 19.7 Å². The van der Waals surface area contributed by atoms with E-state index in [0.717, 1.165) is 4.90 Å². The molecule has 0 aromatic heterocycles. The second-order valence-corrected chi connectivity index (χ2v) is 7.52. The van der Waals surface area contributed by atoms with E-state index in [1.807, 2.05) is 12.2 Å². The van der Waals surface area contributed by atoms with Crippen LogP contribution < -0.4 is 4.90 Å². The van der Waals surface area contributed by atoms with E-state index in [1.54, 1.807) is 13.8 Å². The van der Waals surface area contributed by atoms with Gasteiger partial charge in [0.1, 0.15) is 0 Å². The van der Waals surface area contributed by atoms with Crippen LogP contribution in [0.15, 0.2) is 34.8 Å². The fourth-order valence-electron chi connectivity index (χ4n) is 4.06. The number of halogens is 1. The molecule has 4 rings (SSSR count). The van der Waals surface area contributed by atoms with Crippen molar-refractivity contribution in [1.82, 2.24) is 0 Å². The summed E-state index contributed by atoms with van der Waals surface area (Å²) in [7, 11) is 0. The summed E-state index contributed by atoms with van der Waals surface area (Å²) in [6, 6.07) is 3.98. The molecule has 2 saturated heterocycles. The normalized spacial score (nSPS) is 36.5. The Morgan fingerprint density at radius 2 is 1.71 bits per heavy atom. The largest absolute Gasteiger partial charge is 0.359 e. The molecule has 3 heterocycles. The van der Waals surface area contributed by atoms with Gasteiger partial charge in [-0.1, -0.05) is 12.2 Å². The maximum Gasteiger partial charge on any atom is 0.270 e. The van der Waals surface area contributed by atoms with Crippen molar-refractivity contribution >= 4 is 39.1 Å². The molecule has 0 N–H and O–H groups in total. The van der Waals surface area contributed by atoms with Crippen LogP contribution in [0.4, 0.5) is 11.4 Å². The van der Waals surface area contributed by atoms with Crippen LogP contribution >= 0.6 is 15.9 Å². The van der Waals surface area contributed by atoms with Crippen LogP contribution in [0.5, 0.6) is 0 Å². The third-order valence-electron chi connectivity index (χ3n) is 5.11. The molecule has 2 bridgehead atoms. The van der Waals surface area contributed by atoms with Crippen molar-refractivity contribution in [2.24, 2.45) is 11.8 Å². The number of carbonyl (C=O) groups excluding carboxylic acids is 2. The average molecular weight is 393 g/mol. The van der Waals surface area contributed by atoms with E-state index >= 15 is 0 Å². The van der Waals surface area contributed by atoms with Crippen LogP contribution in [0.25, 0.3) is 0 Å². The summed E-state index contributed by atoms with van der Waals surface area (Å²) in [5.74, 6) is -1.84. The van der Waals surface area contributed by atoms with Crippen LogP contribution in [-0.4, -0.2) is 27.9 Å². The lowest BCUT2D eigenvalue weighted by atomic mass is 9.73. The van der Waals surface area contributed by atoms with E-state index in [1.165, 1.54) is 18.2 Å². The number of amides is 2. The van der Waals surface area contributed by atoms with Crippen LogP contribution in [-0.2, 0) is 14.3 Å². The number of nitro groups is 1. The van der Waals surface area contributed by atoms with Gasteiger partial charge in [-0.15, -0.1) is 0 Å². The van der Waals surface area contributed by atoms with Crippen molar-refractivity contribution < 1.29 is 19.2 Å². The molecule has 7 nitrogen and oxygen atoms in total. The summed E-state index contributed by atoms with van der Waals surface area (Å²) in [6.07, 6.45) is 3.68. The van der Waals surface area contributed by atoms with Gasteiger partial charge in [-0.2, -0.15) is 0 Å². The number of non-ortho nitro benzene ring substituents is 1. The third-order valence-corrected chi connectivity index (χ3v) is 5.74. The molecule has 3 aliphatic rings. The molecule has 2 amide bonds. The van der Waals surface area contributed by atoms with Gasteiger partial charge in [0.25, 0.3) is 5.69 Å². The SMILES string of the molecule is C[C@]12C=C[C@](C)(O1)[C@@H]1C(=O)N(c3ccc([N+](=O)[O-])cc3Br)C(=O)[C@H]12. The highest BCUT2D eigenvalue weighted by atomic mass is 79.9. The van der Waals surface area contributed by atoms with Crippen molar-refractivity contribution in [2.75, 3.05) is 4.90 Å². The zero-order valence-corrected chi connectivity index (χ0v) is 14.4. The number of rotatable bonds is 2. The number of imide groups is 1. The fourth-order valence-corrected chi connectivity index (χ4v) is 4.60. The van der Waals surface area contributed by atoms with Crippen molar-refractivity contribution in [3.8, 4) is 0 Å². The number of anilines is 1. The molecule has 24 heavy (non-hydrogen) atoms. The maximum absolute atomic E-state index is 12.9. The topological polar surface area (TPSA) is 89.8 Å². The fraction of sp³-hybridized carbons (Fsp3) is 0.375. The van der Waals surface area contributed by atoms with Crippen molar-refractivity contribution in [3.63, 3.8) is 0 Å². The summed E-state index contributed by atoms with van der Waals surface area (Å²) in [6.45, 7) is 3.61. The Labute approximate surface area is 145 Å². The Morgan fingerprint density at radius 1 is 1.17 bits per heavy atom. The van der Waals surface area contributed by atoms with Gasteiger partial charge in [0.2, 0.25) is 11.8 Å². The predicted molar refractivity (Wildman–Crippen MR) is 87.3 cm³/mol. The summed E-state index contributed by atoms with van der Waals surface area (Å²) < 4.78 is 6.27. The number of fused-ring (bicyclic) bond motifs is 5. The van der Waals surface area contributed by atoms with Crippen LogP contribution in [0, 0.1) is 22.0 Å². The molecule has 1 aromatic rings. The molecule has 0 radical (unpaired) electrons. The first-order valence-electron chi connectivity index (χ1n) is 7.40. The molecule has 3 aliphatic heterocycles. The summed E-state index contributed by atoms with van der Waals surface area (Å²) in [5.41, 5.74) is -1.40. The zero-order chi connectivity index (χ0) is 17.4. The molecule has 8 heteroatoms. The van der Waals surface area contributed by atoms with Gasteiger partial charge in [-0.05, 0) is 35.8 Å². The predicted octanol–water partition coefficient (Wildman–Crippen LogP) is 2.58. The average Bonchev–Trinajstić information content (AvgIpc) is 3.04. The molecule has 0 aliphatic carbocycles. The van der Waals surface area contributed by atoms with Crippen LogP contribution in [0.1, 0.15) is 13.8 Å². The number of ether oxygens (including phenoxy) is 1. The second-order valence-electron chi connectivity index (χ2n) is 6.66. The summed E-state index contributed by atoms with van der Waals surface area (Å²) in [5, 5.41) is 10.9. The Balaban J connectivity index is 1.79. The van der Waals surface area contributed by atoms with E-state index < -0.39 is 28.0 Å². The van der Waals surface area contributed by atoms with E-state index in [4.69, 9.17) is 4.74 Å². The van der Waals surface area contributed by atoms with Gasteiger partial charge in [0, 0.05) is 16.6 Å². The summed E-state index contributed by atoms with van der Waals surface area (Å²) >= 11 is 3.24. The maximum atomic E-state index is 12.9. The lowest BCUT2D eigenvalue weighted by Crippen LogP contribution is -2.39. The zero-order valence-electron chi connectivity index (χ0n) is 12.9. The molecular weight excluding hydrogens is 380 g/mol. The second kappa shape index (κ2) is 4.52. The van der Waals surface area contributed by atoms with E-state index in [2.05, 4.69) is 15.9 Å². The molecule has 2 fully saturated rings. The monoisotopic (exact) mass is 392 g/mol. The number of benzene rings is 1. The van der Waals surface area contributed by atoms with E-state index in [9.17, 15) is 19.7 Å². The van der Waals surface area contributed by atoms with Gasteiger partial charge in [-0.25, -0.2) is 4.90 Å². The Morgan fingerprint density at radius 3 is 2.17 bits per heavy atom. The van der Waals surface area contributed by atoms with Gasteiger partial charge in [0.05, 0.1) is 33.6 Å². The number of hydrogen-bond acceptors (Lipinski definition) is 5. The minimum absolute atomic E-state index is 0.117. The van der Waals surface area contributed by atoms with Gasteiger partial charge >= 0.3 is 0 Å². The first-order chi connectivity index (χ1) is 11.2. The third kappa shape index (κ3) is 1.75. The molecule has 0 unspecified atom stereocenters. The first kappa shape index (κ1) is 15.5. The van der Waals surface area contributed by atoms with Crippen LogP contribution in [0.3, 0.4) is 0 Å². The quantitative estimate of drug-likeness (QED) is 0.334. The molecule has 4 atom stereocenters. The van der Waals surface area contributed by atoms with Crippen LogP contribution in [0.2, 0.25) is 0 Å². The molecule has 0 spiro atoms. The Bertz CT molecular complexity index is 817. The molecule has 124 valence electrons. The van der Waals surface area contributed by atoms with Crippen molar-refractivity contribution in [2.45, 2.75) is 25.0 Å². The van der Waals surface area contributed by atoms with Gasteiger partial charge < -0.3 is 4.74 Å². The van der Waals surface area contributed by atoms with E-state index in [0.29, 0.717) is 10.2 Å². The number of nitro benzene ring substituents is 1. The number of hydrogen-bond donors (Lipinski definition) is 0. The summed E-state index contributed by atoms with van der Waals surface area (Å²) in [4.78, 5) is 37.3. The smallest absolute Gasteiger partial charge is 0.270 e. The Kier molecular flexibility index (Phi) is 2.91. The number of carbonyl (C=O) groups is 2. The minimum Gasteiger partial charge on any atom is -0.359 e. The lowest BCUT2D eigenvalue weighted by molar-refractivity contribution is -0.384. The molecule has 1 aromatic carbocycles. The highest BCUT2D eigenvalue weighted by Crippen LogP contribution is 2.57. The van der Waals surface area contributed by atoms with Crippen molar-refractivity contribution in [1.29, 1.82) is 0 Å². The molecular formula is C16H13BrN2O5. The van der Waals surface area contributed by atoms with E-state index in [-0.39, 0.29) is 17.5 Å². The van der Waals surface area contributed by atoms with Crippen molar-refractivity contribution in [3.05, 3.63) is 44.9 Å². The minimum atomic E-state index is -0.797. The molecule has 0 saturated carbocycles. The first-order valence-corrected chi connectivity index (χ1v) is 8.19. The highest BCUT2D eigenvalue weighted by molar-refractivity contribution is 9.10. The Hall–Kier alpha value is -2.06. The standard InChI is InChI=1S/C16H13BrN2O5/c1-15-5-6-16(2,24-15)12-11(15)13(20)18(14(12)21)10-4-3-8(19(22)23)7-9(10)17/h3-7,11-12H,1-2H3/t11-,12-,15-,16+/m0/s1. The van der Waals surface area contributed by atoms with Gasteiger partial charge in [0.15, 0.2) is 0 Å². The lowest BCUT2D eigenvalue weighted by Gasteiger charge is -2.25. The number of nitrogens with zero attached hydrogens (tertiary/aromatic N) is 2.